The molecule has 0 saturated heterocycles. The maximum Gasteiger partial charge on any atom is 0.253 e. The average Bonchev–Trinajstić information content (AvgIpc) is 2.49. The van der Waals surface area contributed by atoms with E-state index in [2.05, 4.69) is 15.6 Å². The molecule has 0 aliphatic heterocycles. The molecule has 1 amide bonds. The number of hydrogen-bond donors (Lipinski definition) is 2. The Kier molecular flexibility index (Phi) is 4.93. The summed E-state index contributed by atoms with van der Waals surface area (Å²) in [5.41, 5.74) is 2.86. The second-order valence-electron chi connectivity index (χ2n) is 5.07. The third-order valence-corrected chi connectivity index (χ3v) is 3.31. The third kappa shape index (κ3) is 4.05. The zero-order chi connectivity index (χ0) is 15.2. The summed E-state index contributed by atoms with van der Waals surface area (Å²) in [6.45, 7) is 6.84. The Morgan fingerprint density at radius 1 is 1.19 bits per heavy atom. The van der Waals surface area contributed by atoms with Crippen LogP contribution in [-0.4, -0.2) is 17.4 Å². The van der Waals surface area contributed by atoms with Crippen molar-refractivity contribution in [1.29, 1.82) is 0 Å². The van der Waals surface area contributed by atoms with Gasteiger partial charge in [-0.3, -0.25) is 4.79 Å². The van der Waals surface area contributed by atoms with Crippen molar-refractivity contribution in [1.82, 2.24) is 10.3 Å². The van der Waals surface area contributed by atoms with Crippen molar-refractivity contribution in [2.75, 3.05) is 11.9 Å². The Hall–Kier alpha value is -2.36. The highest BCUT2D eigenvalue weighted by Crippen LogP contribution is 2.14. The van der Waals surface area contributed by atoms with Crippen LogP contribution in [0.5, 0.6) is 0 Å². The summed E-state index contributed by atoms with van der Waals surface area (Å²) in [6, 6.07) is 11.7. The summed E-state index contributed by atoms with van der Waals surface area (Å²) in [5.74, 6) is 0.666. The van der Waals surface area contributed by atoms with Gasteiger partial charge in [0.15, 0.2) is 0 Å². The second kappa shape index (κ2) is 6.88. The summed E-state index contributed by atoms with van der Waals surface area (Å²) in [5, 5.41) is 6.09. The number of nitrogens with one attached hydrogen (secondary N) is 2. The standard InChI is InChI=1S/C17H21N3O/c1-4-18-16-10-9-15(11-19-16)17(21)20-13(3)14-7-5-12(2)6-8-14/h5-11,13H,4H2,1-3H3,(H,18,19)(H,20,21). The lowest BCUT2D eigenvalue weighted by Gasteiger charge is -2.14. The van der Waals surface area contributed by atoms with Gasteiger partial charge in [0, 0.05) is 12.7 Å². The van der Waals surface area contributed by atoms with Crippen molar-refractivity contribution < 1.29 is 4.79 Å². The van der Waals surface area contributed by atoms with Gasteiger partial charge in [-0.15, -0.1) is 0 Å². The summed E-state index contributed by atoms with van der Waals surface area (Å²) in [6.07, 6.45) is 1.59. The van der Waals surface area contributed by atoms with Gasteiger partial charge in [-0.2, -0.15) is 0 Å². The molecule has 0 radical (unpaired) electrons. The highest BCUT2D eigenvalue weighted by molar-refractivity contribution is 5.94. The number of benzene rings is 1. The first kappa shape index (κ1) is 15.0. The molecule has 4 heteroatoms. The largest absolute Gasteiger partial charge is 0.370 e. The van der Waals surface area contributed by atoms with E-state index in [9.17, 15) is 4.79 Å². The van der Waals surface area contributed by atoms with Crippen molar-refractivity contribution in [2.45, 2.75) is 26.8 Å². The van der Waals surface area contributed by atoms with Crippen LogP contribution in [-0.2, 0) is 0 Å². The fourth-order valence-electron chi connectivity index (χ4n) is 2.03. The van der Waals surface area contributed by atoms with Crippen molar-refractivity contribution in [3.05, 3.63) is 59.3 Å². The van der Waals surface area contributed by atoms with E-state index in [0.29, 0.717) is 5.56 Å². The SMILES string of the molecule is CCNc1ccc(C(=O)NC(C)c2ccc(C)cc2)cn1. The number of aromatic nitrogens is 1. The summed E-state index contributed by atoms with van der Waals surface area (Å²) >= 11 is 0. The van der Waals surface area contributed by atoms with E-state index in [1.807, 2.05) is 51.1 Å². The number of anilines is 1. The van der Waals surface area contributed by atoms with Crippen LogP contribution in [0, 0.1) is 6.92 Å². The van der Waals surface area contributed by atoms with Gasteiger partial charge in [0.05, 0.1) is 11.6 Å². The predicted octanol–water partition coefficient (Wildman–Crippen LogP) is 3.31. The van der Waals surface area contributed by atoms with Crippen molar-refractivity contribution in [3.63, 3.8) is 0 Å². The molecule has 0 saturated carbocycles. The first-order valence-corrected chi connectivity index (χ1v) is 7.17. The Morgan fingerprint density at radius 2 is 1.90 bits per heavy atom. The molecule has 2 N–H and O–H groups in total. The van der Waals surface area contributed by atoms with E-state index in [4.69, 9.17) is 0 Å². The minimum Gasteiger partial charge on any atom is -0.370 e. The van der Waals surface area contributed by atoms with Gasteiger partial charge in [0.1, 0.15) is 5.82 Å². The van der Waals surface area contributed by atoms with Gasteiger partial charge in [0.2, 0.25) is 0 Å². The lowest BCUT2D eigenvalue weighted by molar-refractivity contribution is 0.0939. The molecule has 21 heavy (non-hydrogen) atoms. The van der Waals surface area contributed by atoms with Gasteiger partial charge in [-0.05, 0) is 38.5 Å². The second-order valence-corrected chi connectivity index (χ2v) is 5.07. The zero-order valence-corrected chi connectivity index (χ0v) is 12.7. The quantitative estimate of drug-likeness (QED) is 0.885. The zero-order valence-electron chi connectivity index (χ0n) is 12.7. The maximum atomic E-state index is 12.2. The molecule has 0 fully saturated rings. The Bertz CT molecular complexity index is 590. The van der Waals surface area contributed by atoms with Crippen LogP contribution in [0.1, 0.15) is 41.4 Å². The Balaban J connectivity index is 2.01. The molecule has 0 aliphatic rings. The number of carbonyl (C=O) groups excluding carboxylic acids is 1. The highest BCUT2D eigenvalue weighted by Gasteiger charge is 2.11. The Morgan fingerprint density at radius 3 is 2.48 bits per heavy atom. The number of hydrogen-bond acceptors (Lipinski definition) is 3. The van der Waals surface area contributed by atoms with Crippen molar-refractivity contribution in [2.24, 2.45) is 0 Å². The van der Waals surface area contributed by atoms with Crippen molar-refractivity contribution in [3.8, 4) is 0 Å². The van der Waals surface area contributed by atoms with Gasteiger partial charge >= 0.3 is 0 Å². The molecule has 1 aromatic carbocycles. The number of carbonyl (C=O) groups is 1. The van der Waals surface area contributed by atoms with Crippen LogP contribution in [0.25, 0.3) is 0 Å². The number of nitrogens with zero attached hydrogens (tertiary/aromatic N) is 1. The number of aryl methyl sites for hydroxylation is 1. The van der Waals surface area contributed by atoms with Gasteiger partial charge in [0.25, 0.3) is 5.91 Å². The summed E-state index contributed by atoms with van der Waals surface area (Å²) in [7, 11) is 0. The van der Waals surface area contributed by atoms with E-state index in [0.717, 1.165) is 17.9 Å². The lowest BCUT2D eigenvalue weighted by atomic mass is 10.1. The molecule has 4 nitrogen and oxygen atoms in total. The third-order valence-electron chi connectivity index (χ3n) is 3.31. The number of pyridine rings is 1. The molecule has 110 valence electrons. The maximum absolute atomic E-state index is 12.2. The molecule has 1 heterocycles. The Labute approximate surface area is 125 Å². The smallest absolute Gasteiger partial charge is 0.253 e. The fourth-order valence-corrected chi connectivity index (χ4v) is 2.03. The van der Waals surface area contributed by atoms with Gasteiger partial charge in [-0.25, -0.2) is 4.98 Å². The molecule has 1 unspecified atom stereocenters. The van der Waals surface area contributed by atoms with E-state index in [-0.39, 0.29) is 11.9 Å². The van der Waals surface area contributed by atoms with E-state index < -0.39 is 0 Å². The molecular weight excluding hydrogens is 262 g/mol. The molecule has 1 atom stereocenters. The molecule has 0 spiro atoms. The fraction of sp³-hybridized carbons (Fsp3) is 0.294. The van der Waals surface area contributed by atoms with Crippen LogP contribution < -0.4 is 10.6 Å². The molecule has 2 aromatic rings. The van der Waals surface area contributed by atoms with Crippen LogP contribution >= 0.6 is 0 Å². The van der Waals surface area contributed by atoms with Crippen LogP contribution in [0.3, 0.4) is 0 Å². The minimum absolute atomic E-state index is 0.0356. The summed E-state index contributed by atoms with van der Waals surface area (Å²) in [4.78, 5) is 16.4. The molecule has 0 aliphatic carbocycles. The van der Waals surface area contributed by atoms with Crippen LogP contribution in [0.4, 0.5) is 5.82 Å². The van der Waals surface area contributed by atoms with E-state index in [1.165, 1.54) is 5.56 Å². The van der Waals surface area contributed by atoms with Crippen molar-refractivity contribution >= 4 is 11.7 Å². The predicted molar refractivity (Wildman–Crippen MR) is 85.5 cm³/mol. The lowest BCUT2D eigenvalue weighted by Crippen LogP contribution is -2.26. The van der Waals surface area contributed by atoms with Crippen LogP contribution in [0.2, 0.25) is 0 Å². The van der Waals surface area contributed by atoms with Gasteiger partial charge in [-0.1, -0.05) is 29.8 Å². The topological polar surface area (TPSA) is 54.0 Å². The van der Waals surface area contributed by atoms with E-state index in [1.54, 1.807) is 12.3 Å². The summed E-state index contributed by atoms with van der Waals surface area (Å²) < 4.78 is 0. The van der Waals surface area contributed by atoms with Crippen LogP contribution in [0.15, 0.2) is 42.6 Å². The molecular formula is C17H21N3O. The normalized spacial score (nSPS) is 11.8. The molecule has 0 bridgehead atoms. The highest BCUT2D eigenvalue weighted by atomic mass is 16.1. The first-order chi connectivity index (χ1) is 10.1. The molecule has 2 rings (SSSR count). The molecule has 1 aromatic heterocycles. The van der Waals surface area contributed by atoms with Gasteiger partial charge < -0.3 is 10.6 Å². The number of rotatable bonds is 5. The minimum atomic E-state index is -0.112. The van der Waals surface area contributed by atoms with E-state index >= 15 is 0 Å². The number of amides is 1. The monoisotopic (exact) mass is 283 g/mol. The first-order valence-electron chi connectivity index (χ1n) is 7.17. The average molecular weight is 283 g/mol.